The maximum absolute atomic E-state index is 12.5. The number of hydrogen-bond donors (Lipinski definition) is 1. The van der Waals surface area contributed by atoms with Crippen molar-refractivity contribution in [2.75, 3.05) is 11.1 Å². The quantitative estimate of drug-likeness (QED) is 0.854. The van der Waals surface area contributed by atoms with E-state index in [-0.39, 0.29) is 11.1 Å². The second-order valence-electron chi connectivity index (χ2n) is 6.67. The van der Waals surface area contributed by atoms with Crippen molar-refractivity contribution in [3.63, 3.8) is 0 Å². The van der Waals surface area contributed by atoms with E-state index in [0.29, 0.717) is 23.3 Å². The van der Waals surface area contributed by atoms with Crippen LogP contribution in [0.4, 0.5) is 5.69 Å². The van der Waals surface area contributed by atoms with Gasteiger partial charge in [0.1, 0.15) is 5.56 Å². The average molecular weight is 355 g/mol. The van der Waals surface area contributed by atoms with Gasteiger partial charge < -0.3 is 5.32 Å². The summed E-state index contributed by atoms with van der Waals surface area (Å²) in [5.74, 6) is 1.08. The van der Waals surface area contributed by atoms with Crippen LogP contribution in [-0.4, -0.2) is 21.2 Å². The van der Waals surface area contributed by atoms with Crippen molar-refractivity contribution >= 4 is 23.4 Å². The minimum atomic E-state index is -0.393. The zero-order chi connectivity index (χ0) is 17.2. The number of fused-ring (bicyclic) bond motifs is 1. The Bertz CT molecular complexity index is 839. The summed E-state index contributed by atoms with van der Waals surface area (Å²) >= 11 is 1.54. The molecule has 1 aliphatic carbocycles. The lowest BCUT2D eigenvalue weighted by Gasteiger charge is -2.22. The topological polar surface area (TPSA) is 64.0 Å². The van der Waals surface area contributed by atoms with Crippen molar-refractivity contribution in [1.82, 2.24) is 9.55 Å². The van der Waals surface area contributed by atoms with Crippen LogP contribution in [0, 0.1) is 0 Å². The number of amides is 1. The van der Waals surface area contributed by atoms with E-state index < -0.39 is 5.91 Å². The van der Waals surface area contributed by atoms with Crippen molar-refractivity contribution in [3.05, 3.63) is 51.9 Å². The molecule has 6 heteroatoms. The number of aromatic nitrogens is 2. The standard InChI is InChI=1S/C19H21N3O2S/c23-17(16-12-20-19-22(18(16)24)10-11-25-19)21-15-8-6-14(7-9-15)13-4-2-1-3-5-13/h6-9,12-13H,1-5,10-11H2,(H,21,23). The highest BCUT2D eigenvalue weighted by Gasteiger charge is 2.20. The molecule has 0 atom stereocenters. The third-order valence-corrected chi connectivity index (χ3v) is 6.02. The lowest BCUT2D eigenvalue weighted by molar-refractivity contribution is 0.102. The summed E-state index contributed by atoms with van der Waals surface area (Å²) in [6.07, 6.45) is 7.84. The van der Waals surface area contributed by atoms with Crippen molar-refractivity contribution < 1.29 is 4.79 Å². The second-order valence-corrected chi connectivity index (χ2v) is 7.73. The van der Waals surface area contributed by atoms with Crippen LogP contribution in [0.1, 0.15) is 53.9 Å². The monoisotopic (exact) mass is 355 g/mol. The van der Waals surface area contributed by atoms with Gasteiger partial charge in [0.05, 0.1) is 0 Å². The molecule has 0 unspecified atom stereocenters. The molecular formula is C19H21N3O2S. The van der Waals surface area contributed by atoms with E-state index in [9.17, 15) is 9.59 Å². The third kappa shape index (κ3) is 3.35. The number of nitrogens with zero attached hydrogens (tertiary/aromatic N) is 2. The predicted molar refractivity (Wildman–Crippen MR) is 99.4 cm³/mol. The fourth-order valence-electron chi connectivity index (χ4n) is 3.65. The van der Waals surface area contributed by atoms with Gasteiger partial charge in [-0.2, -0.15) is 0 Å². The molecule has 2 heterocycles. The Hall–Kier alpha value is -2.08. The molecule has 1 fully saturated rings. The highest BCUT2D eigenvalue weighted by atomic mass is 32.2. The van der Waals surface area contributed by atoms with E-state index >= 15 is 0 Å². The van der Waals surface area contributed by atoms with Gasteiger partial charge in [-0.1, -0.05) is 43.2 Å². The van der Waals surface area contributed by atoms with Crippen LogP contribution >= 0.6 is 11.8 Å². The van der Waals surface area contributed by atoms with E-state index in [1.807, 2.05) is 12.1 Å². The summed E-state index contributed by atoms with van der Waals surface area (Å²) in [4.78, 5) is 29.1. The van der Waals surface area contributed by atoms with Crippen LogP contribution in [-0.2, 0) is 6.54 Å². The summed E-state index contributed by atoms with van der Waals surface area (Å²) in [6.45, 7) is 0.614. The Labute approximate surface area is 150 Å². The molecule has 130 valence electrons. The van der Waals surface area contributed by atoms with Crippen LogP contribution in [0.25, 0.3) is 0 Å². The number of benzene rings is 1. The molecule has 25 heavy (non-hydrogen) atoms. The number of nitrogens with one attached hydrogen (secondary N) is 1. The highest BCUT2D eigenvalue weighted by Crippen LogP contribution is 2.33. The summed E-state index contributed by atoms with van der Waals surface area (Å²) < 4.78 is 1.58. The molecule has 0 spiro atoms. The first-order valence-corrected chi connectivity index (χ1v) is 9.85. The maximum atomic E-state index is 12.5. The Morgan fingerprint density at radius 1 is 1.16 bits per heavy atom. The minimum Gasteiger partial charge on any atom is -0.322 e. The molecule has 0 saturated heterocycles. The summed E-state index contributed by atoms with van der Waals surface area (Å²) in [5.41, 5.74) is 1.90. The van der Waals surface area contributed by atoms with Gasteiger partial charge in [0.25, 0.3) is 11.5 Å². The number of carbonyl (C=O) groups is 1. The molecule has 2 aliphatic rings. The van der Waals surface area contributed by atoms with Crippen molar-refractivity contribution in [2.24, 2.45) is 0 Å². The number of anilines is 1. The SMILES string of the molecule is O=C(Nc1ccc(C2CCCCC2)cc1)c1cnc2n(c1=O)CCS2. The minimum absolute atomic E-state index is 0.0996. The first-order valence-electron chi connectivity index (χ1n) is 8.86. The summed E-state index contributed by atoms with van der Waals surface area (Å²) in [7, 11) is 0. The van der Waals surface area contributed by atoms with Gasteiger partial charge in [-0.15, -0.1) is 0 Å². The van der Waals surface area contributed by atoms with Gasteiger partial charge in [-0.05, 0) is 36.5 Å². The second kappa shape index (κ2) is 7.04. The Kier molecular flexibility index (Phi) is 4.61. The fraction of sp³-hybridized carbons (Fsp3) is 0.421. The highest BCUT2D eigenvalue weighted by molar-refractivity contribution is 7.99. The molecule has 5 nitrogen and oxygen atoms in total. The number of thioether (sulfide) groups is 1. The predicted octanol–water partition coefficient (Wildman–Crippen LogP) is 3.65. The largest absolute Gasteiger partial charge is 0.322 e. The Morgan fingerprint density at radius 2 is 1.92 bits per heavy atom. The van der Waals surface area contributed by atoms with Crippen LogP contribution in [0.3, 0.4) is 0 Å². The van der Waals surface area contributed by atoms with E-state index in [0.717, 1.165) is 5.75 Å². The molecule has 1 N–H and O–H groups in total. The number of rotatable bonds is 3. The molecule has 1 amide bonds. The first kappa shape index (κ1) is 16.4. The van der Waals surface area contributed by atoms with Gasteiger partial charge in [0, 0.05) is 24.2 Å². The van der Waals surface area contributed by atoms with Gasteiger partial charge in [-0.25, -0.2) is 4.98 Å². The van der Waals surface area contributed by atoms with Crippen LogP contribution in [0.2, 0.25) is 0 Å². The van der Waals surface area contributed by atoms with Crippen molar-refractivity contribution in [2.45, 2.75) is 49.7 Å². The van der Waals surface area contributed by atoms with Crippen molar-refractivity contribution in [3.8, 4) is 0 Å². The third-order valence-electron chi connectivity index (χ3n) is 5.05. The molecule has 1 aliphatic heterocycles. The molecule has 1 saturated carbocycles. The molecule has 0 bridgehead atoms. The number of hydrogen-bond acceptors (Lipinski definition) is 4. The molecule has 2 aromatic rings. The normalized spacial score (nSPS) is 17.3. The molecular weight excluding hydrogens is 334 g/mol. The van der Waals surface area contributed by atoms with Gasteiger partial charge in [-0.3, -0.25) is 14.2 Å². The van der Waals surface area contributed by atoms with Crippen LogP contribution in [0.5, 0.6) is 0 Å². The fourth-order valence-corrected chi connectivity index (χ4v) is 4.56. The molecule has 1 aromatic carbocycles. The number of carbonyl (C=O) groups excluding carboxylic acids is 1. The van der Waals surface area contributed by atoms with Gasteiger partial charge in [0.2, 0.25) is 0 Å². The zero-order valence-corrected chi connectivity index (χ0v) is 14.8. The molecule has 0 radical (unpaired) electrons. The van der Waals surface area contributed by atoms with E-state index in [1.165, 1.54) is 43.9 Å². The Morgan fingerprint density at radius 3 is 2.68 bits per heavy atom. The maximum Gasteiger partial charge on any atom is 0.267 e. The van der Waals surface area contributed by atoms with Crippen LogP contribution in [0.15, 0.2) is 40.4 Å². The lowest BCUT2D eigenvalue weighted by atomic mass is 9.84. The lowest BCUT2D eigenvalue weighted by Crippen LogP contribution is -2.29. The zero-order valence-electron chi connectivity index (χ0n) is 14.0. The molecule has 4 rings (SSSR count). The van der Waals surface area contributed by atoms with E-state index in [1.54, 1.807) is 16.3 Å². The van der Waals surface area contributed by atoms with Crippen LogP contribution < -0.4 is 10.9 Å². The Balaban J connectivity index is 1.49. The van der Waals surface area contributed by atoms with Gasteiger partial charge >= 0.3 is 0 Å². The average Bonchev–Trinajstić information content (AvgIpc) is 3.13. The first-order chi connectivity index (χ1) is 12.2. The summed E-state index contributed by atoms with van der Waals surface area (Å²) in [5, 5.41) is 3.51. The van der Waals surface area contributed by atoms with Gasteiger partial charge in [0.15, 0.2) is 5.16 Å². The van der Waals surface area contributed by atoms with E-state index in [4.69, 9.17) is 0 Å². The molecule has 1 aromatic heterocycles. The smallest absolute Gasteiger partial charge is 0.267 e. The van der Waals surface area contributed by atoms with E-state index in [2.05, 4.69) is 22.4 Å². The summed E-state index contributed by atoms with van der Waals surface area (Å²) in [6, 6.07) is 8.04. The van der Waals surface area contributed by atoms with Crippen molar-refractivity contribution in [1.29, 1.82) is 0 Å².